The third-order valence-electron chi connectivity index (χ3n) is 4.02. The van der Waals surface area contributed by atoms with Gasteiger partial charge in [-0.05, 0) is 43.0 Å². The maximum absolute atomic E-state index is 14.4. The standard InChI is InChI=1S/C15H22FNO3S/c1-20-10-9-17-7-5-12(6-8-17)14-4-2-3-13(15(14)16)11-21(18)19/h2-4,12H,5-11H2,1H3,(H,18,19)/p-1. The van der Waals surface area contributed by atoms with E-state index in [1.54, 1.807) is 25.3 Å². The van der Waals surface area contributed by atoms with Crippen molar-refractivity contribution in [3.63, 3.8) is 0 Å². The zero-order valence-corrected chi connectivity index (χ0v) is 13.0. The molecule has 0 aromatic heterocycles. The van der Waals surface area contributed by atoms with Crippen molar-refractivity contribution in [1.82, 2.24) is 4.90 Å². The van der Waals surface area contributed by atoms with E-state index in [4.69, 9.17) is 4.74 Å². The molecular weight excluding hydrogens is 293 g/mol. The molecule has 4 nitrogen and oxygen atoms in total. The van der Waals surface area contributed by atoms with Gasteiger partial charge in [0.1, 0.15) is 5.82 Å². The highest BCUT2D eigenvalue weighted by Gasteiger charge is 2.23. The Morgan fingerprint density at radius 1 is 1.43 bits per heavy atom. The quantitative estimate of drug-likeness (QED) is 0.754. The molecule has 0 N–H and O–H groups in total. The fraction of sp³-hybridized carbons (Fsp3) is 0.600. The van der Waals surface area contributed by atoms with Crippen LogP contribution in [0.1, 0.15) is 29.9 Å². The first-order chi connectivity index (χ1) is 10.1. The lowest BCUT2D eigenvalue weighted by atomic mass is 9.88. The summed E-state index contributed by atoms with van der Waals surface area (Å²) >= 11 is -2.26. The molecule has 21 heavy (non-hydrogen) atoms. The molecule has 1 aromatic rings. The van der Waals surface area contributed by atoms with Crippen molar-refractivity contribution in [1.29, 1.82) is 0 Å². The highest BCUT2D eigenvalue weighted by atomic mass is 32.2. The van der Waals surface area contributed by atoms with Crippen LogP contribution in [0, 0.1) is 5.82 Å². The van der Waals surface area contributed by atoms with Crippen molar-refractivity contribution in [3.8, 4) is 0 Å². The number of halogens is 1. The molecule has 0 spiro atoms. The van der Waals surface area contributed by atoms with Crippen LogP contribution < -0.4 is 0 Å². The molecule has 6 heteroatoms. The van der Waals surface area contributed by atoms with Gasteiger partial charge < -0.3 is 14.2 Å². The van der Waals surface area contributed by atoms with E-state index >= 15 is 0 Å². The molecule has 1 aromatic carbocycles. The Labute approximate surface area is 127 Å². The van der Waals surface area contributed by atoms with Gasteiger partial charge in [0.2, 0.25) is 0 Å². The average molecular weight is 314 g/mol. The normalized spacial score (nSPS) is 18.8. The number of piperidine rings is 1. The van der Waals surface area contributed by atoms with E-state index in [1.165, 1.54) is 0 Å². The fourth-order valence-corrected chi connectivity index (χ4v) is 3.32. The number of rotatable bonds is 6. The predicted molar refractivity (Wildman–Crippen MR) is 79.3 cm³/mol. The van der Waals surface area contributed by atoms with Crippen LogP contribution in [0.2, 0.25) is 0 Å². The van der Waals surface area contributed by atoms with E-state index in [2.05, 4.69) is 4.90 Å². The van der Waals surface area contributed by atoms with Crippen molar-refractivity contribution in [2.75, 3.05) is 33.4 Å². The molecule has 0 saturated carbocycles. The van der Waals surface area contributed by atoms with Crippen molar-refractivity contribution in [2.24, 2.45) is 0 Å². The summed E-state index contributed by atoms with van der Waals surface area (Å²) in [5.74, 6) is -0.437. The molecule has 1 unspecified atom stereocenters. The SMILES string of the molecule is COCCN1CCC(c2cccc(CS(=O)[O-])c2F)CC1. The van der Waals surface area contributed by atoms with E-state index in [9.17, 15) is 13.2 Å². The average Bonchev–Trinajstić information content (AvgIpc) is 2.47. The van der Waals surface area contributed by atoms with Crippen molar-refractivity contribution in [3.05, 3.63) is 35.1 Å². The van der Waals surface area contributed by atoms with Crippen molar-refractivity contribution in [2.45, 2.75) is 24.5 Å². The lowest BCUT2D eigenvalue weighted by Crippen LogP contribution is -2.35. The molecule has 1 fully saturated rings. The van der Waals surface area contributed by atoms with Gasteiger partial charge in [0.15, 0.2) is 0 Å². The van der Waals surface area contributed by atoms with Gasteiger partial charge in [0, 0.05) is 19.4 Å². The van der Waals surface area contributed by atoms with E-state index in [0.29, 0.717) is 12.2 Å². The third kappa shape index (κ3) is 4.57. The maximum atomic E-state index is 14.4. The number of benzene rings is 1. The van der Waals surface area contributed by atoms with Crippen molar-refractivity contribution >= 4 is 11.1 Å². The second-order valence-corrected chi connectivity index (χ2v) is 6.27. The Bertz CT molecular complexity index is 490. The highest BCUT2D eigenvalue weighted by molar-refractivity contribution is 7.78. The molecule has 1 atom stereocenters. The number of methoxy groups -OCH3 is 1. The maximum Gasteiger partial charge on any atom is 0.130 e. The Morgan fingerprint density at radius 2 is 2.14 bits per heavy atom. The Kier molecular flexibility index (Phi) is 6.29. The smallest absolute Gasteiger partial charge is 0.130 e. The third-order valence-corrected chi connectivity index (χ3v) is 4.57. The summed E-state index contributed by atoms with van der Waals surface area (Å²) in [5.41, 5.74) is 0.923. The number of likely N-dealkylation sites (tertiary alicyclic amines) is 1. The highest BCUT2D eigenvalue weighted by Crippen LogP contribution is 2.31. The van der Waals surface area contributed by atoms with Crippen LogP contribution in [-0.4, -0.2) is 47.0 Å². The summed E-state index contributed by atoms with van der Waals surface area (Å²) in [6.07, 6.45) is 1.79. The van der Waals surface area contributed by atoms with Gasteiger partial charge >= 0.3 is 0 Å². The first kappa shape index (κ1) is 16.5. The molecule has 1 aliphatic heterocycles. The second-order valence-electron chi connectivity index (χ2n) is 5.38. The van der Waals surface area contributed by atoms with Gasteiger partial charge in [-0.3, -0.25) is 4.21 Å². The number of nitrogens with zero attached hydrogens (tertiary/aromatic N) is 1. The molecule has 118 valence electrons. The van der Waals surface area contributed by atoms with Crippen LogP contribution >= 0.6 is 0 Å². The summed E-state index contributed by atoms with van der Waals surface area (Å²) in [7, 11) is 1.69. The number of hydrogen-bond donors (Lipinski definition) is 0. The molecule has 0 aliphatic carbocycles. The molecule has 1 saturated heterocycles. The van der Waals surface area contributed by atoms with Crippen LogP contribution in [-0.2, 0) is 21.6 Å². The molecule has 2 rings (SSSR count). The van der Waals surface area contributed by atoms with Crippen LogP contribution in [0.3, 0.4) is 0 Å². The minimum Gasteiger partial charge on any atom is -0.772 e. The minimum atomic E-state index is -2.26. The lowest BCUT2D eigenvalue weighted by Gasteiger charge is -2.32. The van der Waals surface area contributed by atoms with Crippen molar-refractivity contribution < 1.29 is 17.9 Å². The fourth-order valence-electron chi connectivity index (χ4n) is 2.84. The minimum absolute atomic E-state index is 0.170. The molecular formula is C15H21FNO3S-. The zero-order chi connectivity index (χ0) is 15.2. The molecule has 1 heterocycles. The Morgan fingerprint density at radius 3 is 2.76 bits per heavy atom. The Hall–Kier alpha value is -0.820. The van der Waals surface area contributed by atoms with Crippen LogP contribution in [0.4, 0.5) is 4.39 Å². The number of hydrogen-bond acceptors (Lipinski definition) is 4. The molecule has 0 bridgehead atoms. The predicted octanol–water partition coefficient (Wildman–Crippen LogP) is 2.03. The van der Waals surface area contributed by atoms with E-state index in [0.717, 1.165) is 32.5 Å². The lowest BCUT2D eigenvalue weighted by molar-refractivity contribution is 0.130. The van der Waals surface area contributed by atoms with Gasteiger partial charge in [-0.1, -0.05) is 29.3 Å². The molecule has 0 amide bonds. The molecule has 1 aliphatic rings. The Balaban J connectivity index is 2.01. The van der Waals surface area contributed by atoms with E-state index < -0.39 is 11.1 Å². The largest absolute Gasteiger partial charge is 0.772 e. The summed E-state index contributed by atoms with van der Waals surface area (Å²) in [6.45, 7) is 3.46. The van der Waals surface area contributed by atoms with E-state index in [-0.39, 0.29) is 23.1 Å². The molecule has 0 radical (unpaired) electrons. The van der Waals surface area contributed by atoms with Crippen LogP contribution in [0.5, 0.6) is 0 Å². The van der Waals surface area contributed by atoms with Crippen LogP contribution in [0.15, 0.2) is 18.2 Å². The van der Waals surface area contributed by atoms with Gasteiger partial charge in [-0.15, -0.1) is 0 Å². The first-order valence-corrected chi connectivity index (χ1v) is 8.40. The van der Waals surface area contributed by atoms with Gasteiger partial charge in [-0.25, -0.2) is 4.39 Å². The van der Waals surface area contributed by atoms with Gasteiger partial charge in [0.05, 0.1) is 6.61 Å². The second kappa shape index (κ2) is 7.98. The van der Waals surface area contributed by atoms with Crippen LogP contribution in [0.25, 0.3) is 0 Å². The van der Waals surface area contributed by atoms with E-state index in [1.807, 2.05) is 0 Å². The summed E-state index contributed by atoms with van der Waals surface area (Å²) < 4.78 is 41.0. The van der Waals surface area contributed by atoms with Gasteiger partial charge in [-0.2, -0.15) is 0 Å². The topological polar surface area (TPSA) is 52.6 Å². The van der Waals surface area contributed by atoms with Gasteiger partial charge in [0.25, 0.3) is 0 Å². The summed E-state index contributed by atoms with van der Waals surface area (Å²) in [4.78, 5) is 2.31. The first-order valence-electron chi connectivity index (χ1n) is 7.16. The number of ether oxygens (including phenoxy) is 1. The monoisotopic (exact) mass is 314 g/mol. The summed E-state index contributed by atoms with van der Waals surface area (Å²) in [6, 6.07) is 5.07. The zero-order valence-electron chi connectivity index (χ0n) is 12.2. The summed E-state index contributed by atoms with van der Waals surface area (Å²) in [5, 5.41) is 0.